The Morgan fingerprint density at radius 3 is 2.42 bits per heavy atom. The molecule has 1 aromatic rings. The zero-order valence-electron chi connectivity index (χ0n) is 7.25. The van der Waals surface area contributed by atoms with Crippen LogP contribution < -0.4 is 0 Å². The Bertz CT molecular complexity index is 298. The summed E-state index contributed by atoms with van der Waals surface area (Å²) >= 11 is 0. The summed E-state index contributed by atoms with van der Waals surface area (Å²) < 4.78 is 0. The Labute approximate surface area is 69.8 Å². The molecule has 0 spiro atoms. The molecule has 1 rings (SSSR count). The summed E-state index contributed by atoms with van der Waals surface area (Å²) in [7, 11) is 0. The molecule has 0 aliphatic carbocycles. The van der Waals surface area contributed by atoms with Crippen molar-refractivity contribution in [1.29, 1.82) is 0 Å². The maximum absolute atomic E-state index is 10.9. The van der Waals surface area contributed by atoms with Crippen molar-refractivity contribution >= 4 is 5.78 Å². The summed E-state index contributed by atoms with van der Waals surface area (Å²) in [5, 5.41) is 19.2. The van der Waals surface area contributed by atoms with Gasteiger partial charge in [0.1, 0.15) is 11.3 Å². The zero-order chi connectivity index (χ0) is 9.35. The van der Waals surface area contributed by atoms with Crippen LogP contribution in [0.5, 0.6) is 0 Å². The van der Waals surface area contributed by atoms with Crippen molar-refractivity contribution in [3.8, 4) is 0 Å². The van der Waals surface area contributed by atoms with E-state index in [9.17, 15) is 9.90 Å². The van der Waals surface area contributed by atoms with Gasteiger partial charge in [0, 0.05) is 6.92 Å². The van der Waals surface area contributed by atoms with Gasteiger partial charge in [-0.2, -0.15) is 15.4 Å². The quantitative estimate of drug-likeness (QED) is 0.621. The largest absolute Gasteiger partial charge is 0.384 e. The number of nitrogens with zero attached hydrogens (tertiary/aromatic N) is 2. The predicted octanol–water partition coefficient (Wildman–Crippen LogP) is 0.235. The van der Waals surface area contributed by atoms with Gasteiger partial charge in [-0.3, -0.25) is 4.79 Å². The number of aromatic amines is 1. The molecule has 5 nitrogen and oxygen atoms in total. The Hall–Kier alpha value is -1.23. The highest BCUT2D eigenvalue weighted by Crippen LogP contribution is 2.19. The number of rotatable bonds is 2. The first-order chi connectivity index (χ1) is 5.43. The summed E-state index contributed by atoms with van der Waals surface area (Å²) in [5.41, 5.74) is -0.647. The first-order valence-electron chi connectivity index (χ1n) is 3.57. The molecule has 0 unspecified atom stereocenters. The van der Waals surface area contributed by atoms with E-state index >= 15 is 0 Å². The van der Waals surface area contributed by atoms with E-state index in [4.69, 9.17) is 0 Å². The lowest BCUT2D eigenvalue weighted by atomic mass is 10.0. The number of ketones is 1. The van der Waals surface area contributed by atoms with Gasteiger partial charge in [0.2, 0.25) is 0 Å². The highest BCUT2D eigenvalue weighted by atomic mass is 16.3. The zero-order valence-corrected chi connectivity index (χ0v) is 7.25. The maximum atomic E-state index is 10.9. The summed E-state index contributed by atoms with van der Waals surface area (Å²) in [6.45, 7) is 4.49. The Morgan fingerprint density at radius 2 is 2.08 bits per heavy atom. The molecule has 12 heavy (non-hydrogen) atoms. The molecule has 2 N–H and O–H groups in total. The molecule has 0 atom stereocenters. The second-order valence-electron chi connectivity index (χ2n) is 3.14. The molecule has 0 fully saturated rings. The van der Waals surface area contributed by atoms with Crippen LogP contribution in [0.2, 0.25) is 0 Å². The van der Waals surface area contributed by atoms with Gasteiger partial charge in [-0.05, 0) is 13.8 Å². The summed E-state index contributed by atoms with van der Waals surface area (Å²) in [5.74, 6) is -0.208. The van der Waals surface area contributed by atoms with Crippen molar-refractivity contribution in [2.75, 3.05) is 0 Å². The van der Waals surface area contributed by atoms with Crippen LogP contribution in [0.3, 0.4) is 0 Å². The first kappa shape index (κ1) is 8.86. The number of nitrogens with one attached hydrogen (secondary N) is 1. The van der Waals surface area contributed by atoms with E-state index in [0.29, 0.717) is 0 Å². The van der Waals surface area contributed by atoms with E-state index in [-0.39, 0.29) is 17.2 Å². The van der Waals surface area contributed by atoms with Crippen molar-refractivity contribution in [2.24, 2.45) is 0 Å². The van der Waals surface area contributed by atoms with Crippen LogP contribution in [-0.4, -0.2) is 26.3 Å². The van der Waals surface area contributed by atoms with Gasteiger partial charge < -0.3 is 5.11 Å². The third kappa shape index (κ3) is 1.50. The standard InChI is InChI=1S/C7H11N3O2/c1-4(11)5-6(7(2,3)12)9-10-8-5/h12H,1-3H3,(H,8,9,10). The molecule has 0 saturated heterocycles. The van der Waals surface area contributed by atoms with Gasteiger partial charge in [-0.15, -0.1) is 0 Å². The van der Waals surface area contributed by atoms with Crippen molar-refractivity contribution in [3.05, 3.63) is 11.4 Å². The molecule has 0 amide bonds. The molecular weight excluding hydrogens is 158 g/mol. The van der Waals surface area contributed by atoms with Gasteiger partial charge in [0.25, 0.3) is 0 Å². The monoisotopic (exact) mass is 169 g/mol. The fourth-order valence-electron chi connectivity index (χ4n) is 0.903. The van der Waals surface area contributed by atoms with Crippen LogP contribution in [0.15, 0.2) is 0 Å². The fourth-order valence-corrected chi connectivity index (χ4v) is 0.903. The van der Waals surface area contributed by atoms with Gasteiger partial charge >= 0.3 is 0 Å². The molecule has 0 radical (unpaired) electrons. The molecular formula is C7H11N3O2. The number of hydrogen-bond acceptors (Lipinski definition) is 4. The average molecular weight is 169 g/mol. The van der Waals surface area contributed by atoms with E-state index in [1.165, 1.54) is 6.92 Å². The van der Waals surface area contributed by atoms with E-state index in [2.05, 4.69) is 15.4 Å². The lowest BCUT2D eigenvalue weighted by Gasteiger charge is -2.13. The summed E-state index contributed by atoms with van der Waals surface area (Å²) in [6, 6.07) is 0. The van der Waals surface area contributed by atoms with E-state index in [0.717, 1.165) is 0 Å². The average Bonchev–Trinajstić information content (AvgIpc) is 2.30. The van der Waals surface area contributed by atoms with Gasteiger partial charge in [0.05, 0.1) is 0 Å². The second kappa shape index (κ2) is 2.67. The number of carbonyl (C=O) groups is 1. The topological polar surface area (TPSA) is 78.9 Å². The smallest absolute Gasteiger partial charge is 0.182 e. The Balaban J connectivity index is 3.17. The third-order valence-corrected chi connectivity index (χ3v) is 1.46. The van der Waals surface area contributed by atoms with Crippen LogP contribution >= 0.6 is 0 Å². The summed E-state index contributed by atoms with van der Waals surface area (Å²) in [6.07, 6.45) is 0. The molecule has 1 heterocycles. The van der Waals surface area contributed by atoms with Crippen LogP contribution in [-0.2, 0) is 5.60 Å². The molecule has 5 heteroatoms. The molecule has 0 saturated carbocycles. The van der Waals surface area contributed by atoms with Crippen molar-refractivity contribution in [1.82, 2.24) is 15.4 Å². The molecule has 0 bridgehead atoms. The van der Waals surface area contributed by atoms with Crippen molar-refractivity contribution in [2.45, 2.75) is 26.4 Å². The first-order valence-corrected chi connectivity index (χ1v) is 3.57. The molecule has 0 aliphatic rings. The van der Waals surface area contributed by atoms with Gasteiger partial charge in [-0.1, -0.05) is 0 Å². The lowest BCUT2D eigenvalue weighted by molar-refractivity contribution is 0.0712. The number of Topliss-reactive ketones (excluding diaryl/α,β-unsaturated/α-hetero) is 1. The van der Waals surface area contributed by atoms with Crippen LogP contribution in [0, 0.1) is 0 Å². The highest BCUT2D eigenvalue weighted by molar-refractivity contribution is 5.93. The van der Waals surface area contributed by atoms with Crippen molar-refractivity contribution in [3.63, 3.8) is 0 Å². The highest BCUT2D eigenvalue weighted by Gasteiger charge is 2.26. The molecule has 0 aliphatic heterocycles. The van der Waals surface area contributed by atoms with E-state index in [1.54, 1.807) is 13.8 Å². The Morgan fingerprint density at radius 1 is 1.50 bits per heavy atom. The van der Waals surface area contributed by atoms with Crippen molar-refractivity contribution < 1.29 is 9.90 Å². The number of carbonyl (C=O) groups excluding carboxylic acids is 1. The van der Waals surface area contributed by atoms with Crippen LogP contribution in [0.25, 0.3) is 0 Å². The maximum Gasteiger partial charge on any atom is 0.182 e. The third-order valence-electron chi connectivity index (χ3n) is 1.46. The number of hydrogen-bond donors (Lipinski definition) is 2. The lowest BCUT2D eigenvalue weighted by Crippen LogP contribution is -2.19. The number of aromatic nitrogens is 3. The van der Waals surface area contributed by atoms with Gasteiger partial charge in [-0.25, -0.2) is 0 Å². The molecule has 0 aromatic carbocycles. The fraction of sp³-hybridized carbons (Fsp3) is 0.571. The van der Waals surface area contributed by atoms with E-state index < -0.39 is 5.60 Å². The Kier molecular flexibility index (Phi) is 1.97. The second-order valence-corrected chi connectivity index (χ2v) is 3.14. The SMILES string of the molecule is CC(=O)c1n[nH]nc1C(C)(C)O. The minimum Gasteiger partial charge on any atom is -0.384 e. The number of H-pyrrole nitrogens is 1. The normalized spacial score (nSPS) is 11.7. The molecule has 66 valence electrons. The minimum atomic E-state index is -1.13. The van der Waals surface area contributed by atoms with E-state index in [1.807, 2.05) is 0 Å². The van der Waals surface area contributed by atoms with Crippen LogP contribution in [0.1, 0.15) is 37.0 Å². The predicted molar refractivity (Wildman–Crippen MR) is 41.6 cm³/mol. The molecule has 1 aromatic heterocycles. The minimum absolute atomic E-state index is 0.197. The van der Waals surface area contributed by atoms with Crippen LogP contribution in [0.4, 0.5) is 0 Å². The number of aliphatic hydroxyl groups is 1. The van der Waals surface area contributed by atoms with Gasteiger partial charge in [0.15, 0.2) is 11.5 Å². The summed E-state index contributed by atoms with van der Waals surface area (Å²) in [4.78, 5) is 10.9.